The number of rotatable bonds is 4. The summed E-state index contributed by atoms with van der Waals surface area (Å²) in [6.45, 7) is 7.06. The Bertz CT molecular complexity index is 811. The van der Waals surface area contributed by atoms with E-state index in [2.05, 4.69) is 69.3 Å². The van der Waals surface area contributed by atoms with Crippen LogP contribution in [0.4, 0.5) is 0 Å². The topological polar surface area (TPSA) is 26.3 Å². The van der Waals surface area contributed by atoms with Gasteiger partial charge in [0.25, 0.3) is 0 Å². The molecule has 4 aliphatic rings. The molecule has 0 N–H and O–H groups in total. The Morgan fingerprint density at radius 1 is 0.893 bits per heavy atom. The predicted octanol–water partition coefficient (Wildman–Crippen LogP) is 5.80. The monoisotopic (exact) mass is 374 g/mol. The van der Waals surface area contributed by atoms with Gasteiger partial charge in [0.15, 0.2) is 0 Å². The SMILES string of the molecule is C[C@@H]1[C@@H](OC(=O)C2[C@@H](c3ccccc3)[C@@H]2c2ccccc2)C[C@H]2C[C@@H]1C2(C)C. The highest BCUT2D eigenvalue weighted by Crippen LogP contribution is 2.63. The van der Waals surface area contributed by atoms with Gasteiger partial charge in [0.05, 0.1) is 5.92 Å². The average Bonchev–Trinajstić information content (AvgIpc) is 3.46. The Morgan fingerprint density at radius 2 is 1.43 bits per heavy atom. The van der Waals surface area contributed by atoms with Crippen molar-refractivity contribution in [1.29, 1.82) is 0 Å². The van der Waals surface area contributed by atoms with E-state index in [1.165, 1.54) is 17.5 Å². The Morgan fingerprint density at radius 3 is 1.89 bits per heavy atom. The molecule has 2 bridgehead atoms. The molecule has 0 aromatic heterocycles. The molecule has 0 saturated heterocycles. The molecule has 0 amide bonds. The molecule has 2 aromatic rings. The zero-order chi connectivity index (χ0) is 19.5. The van der Waals surface area contributed by atoms with Crippen molar-refractivity contribution < 1.29 is 9.53 Å². The summed E-state index contributed by atoms with van der Waals surface area (Å²) in [6.07, 6.45) is 2.44. The summed E-state index contributed by atoms with van der Waals surface area (Å²) in [4.78, 5) is 13.2. The first-order valence-corrected chi connectivity index (χ1v) is 10.8. The third kappa shape index (κ3) is 2.72. The maximum Gasteiger partial charge on any atom is 0.310 e. The second-order valence-corrected chi connectivity index (χ2v) is 9.83. The highest BCUT2D eigenvalue weighted by molar-refractivity contribution is 5.80. The Hall–Kier alpha value is -2.09. The molecule has 4 saturated carbocycles. The normalized spacial score (nSPS) is 37.6. The van der Waals surface area contributed by atoms with Crippen molar-refractivity contribution in [2.75, 3.05) is 0 Å². The summed E-state index contributed by atoms with van der Waals surface area (Å²) in [5.74, 6) is 2.30. The van der Waals surface area contributed by atoms with Crippen molar-refractivity contribution in [2.45, 2.75) is 51.6 Å². The van der Waals surface area contributed by atoms with Crippen molar-refractivity contribution in [2.24, 2.45) is 29.1 Å². The van der Waals surface area contributed by atoms with Crippen LogP contribution in [0.3, 0.4) is 0 Å². The van der Waals surface area contributed by atoms with E-state index in [1.807, 2.05) is 12.1 Å². The molecule has 0 heterocycles. The fourth-order valence-corrected chi connectivity index (χ4v) is 6.27. The zero-order valence-corrected chi connectivity index (χ0v) is 17.0. The molecule has 2 aromatic carbocycles. The lowest BCUT2D eigenvalue weighted by atomic mass is 9.45. The van der Waals surface area contributed by atoms with Crippen LogP contribution >= 0.6 is 0 Å². The summed E-state index contributed by atoms with van der Waals surface area (Å²) in [7, 11) is 0. The lowest BCUT2D eigenvalue weighted by Gasteiger charge is -2.61. The van der Waals surface area contributed by atoms with Crippen molar-refractivity contribution in [3.63, 3.8) is 0 Å². The molecular formula is C26H30O2. The Kier molecular flexibility index (Phi) is 4.15. The maximum atomic E-state index is 13.2. The number of esters is 1. The van der Waals surface area contributed by atoms with Crippen LogP contribution in [0.25, 0.3) is 0 Å². The van der Waals surface area contributed by atoms with Crippen LogP contribution < -0.4 is 0 Å². The first-order chi connectivity index (χ1) is 13.5. The minimum Gasteiger partial charge on any atom is -0.462 e. The van der Waals surface area contributed by atoms with E-state index in [4.69, 9.17) is 4.74 Å². The van der Waals surface area contributed by atoms with Gasteiger partial charge in [0.1, 0.15) is 6.10 Å². The van der Waals surface area contributed by atoms with Crippen molar-refractivity contribution in [1.82, 2.24) is 0 Å². The van der Waals surface area contributed by atoms with Crippen LogP contribution in [-0.4, -0.2) is 12.1 Å². The minimum absolute atomic E-state index is 0.0127. The quantitative estimate of drug-likeness (QED) is 0.632. The number of carbonyl (C=O) groups is 1. The molecule has 0 unspecified atom stereocenters. The van der Waals surface area contributed by atoms with Crippen LogP contribution in [0.5, 0.6) is 0 Å². The highest BCUT2D eigenvalue weighted by atomic mass is 16.5. The summed E-state index contributed by atoms with van der Waals surface area (Å²) in [5, 5.41) is 0. The lowest BCUT2D eigenvalue weighted by Crippen LogP contribution is -2.57. The van der Waals surface area contributed by atoms with Gasteiger partial charge >= 0.3 is 5.97 Å². The lowest BCUT2D eigenvalue weighted by molar-refractivity contribution is -0.187. The van der Waals surface area contributed by atoms with Gasteiger partial charge in [-0.25, -0.2) is 0 Å². The Balaban J connectivity index is 1.35. The summed E-state index contributed by atoms with van der Waals surface area (Å²) in [6, 6.07) is 20.9. The third-order valence-electron chi connectivity index (χ3n) is 8.21. The molecule has 2 nitrogen and oxygen atoms in total. The molecule has 0 aliphatic heterocycles. The van der Waals surface area contributed by atoms with Gasteiger partial charge in [0.2, 0.25) is 0 Å². The van der Waals surface area contributed by atoms with Gasteiger partial charge in [-0.1, -0.05) is 81.4 Å². The zero-order valence-electron chi connectivity index (χ0n) is 17.0. The largest absolute Gasteiger partial charge is 0.462 e. The number of hydrogen-bond acceptors (Lipinski definition) is 2. The van der Waals surface area contributed by atoms with Crippen LogP contribution in [0.15, 0.2) is 60.7 Å². The first kappa shape index (κ1) is 18.0. The predicted molar refractivity (Wildman–Crippen MR) is 111 cm³/mol. The highest BCUT2D eigenvalue weighted by Gasteiger charge is 2.60. The van der Waals surface area contributed by atoms with E-state index in [0.717, 1.165) is 6.42 Å². The first-order valence-electron chi connectivity index (χ1n) is 10.8. The summed E-state index contributed by atoms with van der Waals surface area (Å²) in [5.41, 5.74) is 2.92. The van der Waals surface area contributed by atoms with Crippen LogP contribution in [0, 0.1) is 29.1 Å². The third-order valence-corrected chi connectivity index (χ3v) is 8.21. The smallest absolute Gasteiger partial charge is 0.310 e. The van der Waals surface area contributed by atoms with Gasteiger partial charge < -0.3 is 4.74 Å². The number of benzene rings is 2. The average molecular weight is 375 g/mol. The fraction of sp³-hybridized carbons (Fsp3) is 0.500. The molecule has 4 aliphatic carbocycles. The molecule has 28 heavy (non-hydrogen) atoms. The van der Waals surface area contributed by atoms with Crippen LogP contribution in [0.2, 0.25) is 0 Å². The van der Waals surface area contributed by atoms with Gasteiger partial charge in [-0.3, -0.25) is 4.79 Å². The molecule has 146 valence electrons. The molecule has 6 atom stereocenters. The van der Waals surface area contributed by atoms with E-state index >= 15 is 0 Å². The number of carbonyl (C=O) groups excluding carboxylic acids is 1. The number of ether oxygens (including phenoxy) is 1. The standard InChI is InChI=1S/C26H30O2/c1-16-20-14-19(26(20,2)3)15-21(16)28-25(27)24-22(17-10-6-4-7-11-17)23(24)18-12-8-5-9-13-18/h4-13,16,19-24H,14-15H2,1-3H3/t16-,19+,20-,21-,22-,23-/m0/s1. The second-order valence-electron chi connectivity index (χ2n) is 9.83. The Labute approximate surface area is 168 Å². The van der Waals surface area contributed by atoms with Gasteiger partial charge in [-0.15, -0.1) is 0 Å². The maximum absolute atomic E-state index is 13.2. The van der Waals surface area contributed by atoms with E-state index in [9.17, 15) is 4.79 Å². The van der Waals surface area contributed by atoms with Crippen molar-refractivity contribution in [3.8, 4) is 0 Å². The van der Waals surface area contributed by atoms with Crippen LogP contribution in [0.1, 0.15) is 56.6 Å². The van der Waals surface area contributed by atoms with Gasteiger partial charge in [-0.05, 0) is 47.1 Å². The molecule has 0 spiro atoms. The second kappa shape index (κ2) is 6.47. The van der Waals surface area contributed by atoms with Gasteiger partial charge in [-0.2, -0.15) is 0 Å². The molecular weight excluding hydrogens is 344 g/mol. The molecule has 6 rings (SSSR count). The van der Waals surface area contributed by atoms with Crippen LogP contribution in [-0.2, 0) is 9.53 Å². The van der Waals surface area contributed by atoms with E-state index in [1.54, 1.807) is 0 Å². The summed E-state index contributed by atoms with van der Waals surface area (Å²) < 4.78 is 6.19. The van der Waals surface area contributed by atoms with E-state index < -0.39 is 0 Å². The summed E-state index contributed by atoms with van der Waals surface area (Å²) >= 11 is 0. The van der Waals surface area contributed by atoms with Gasteiger partial charge in [0, 0.05) is 11.8 Å². The minimum atomic E-state index is -0.0525. The number of hydrogen-bond donors (Lipinski definition) is 0. The molecule has 2 heteroatoms. The van der Waals surface area contributed by atoms with E-state index in [-0.39, 0.29) is 29.8 Å². The van der Waals surface area contributed by atoms with Crippen molar-refractivity contribution in [3.05, 3.63) is 71.8 Å². The van der Waals surface area contributed by atoms with Crippen molar-refractivity contribution >= 4 is 5.97 Å². The van der Waals surface area contributed by atoms with E-state index in [0.29, 0.717) is 23.2 Å². The molecule has 0 radical (unpaired) electrons. The number of fused-ring (bicyclic) bond motifs is 2. The molecule has 4 fully saturated rings. The fourth-order valence-electron chi connectivity index (χ4n) is 6.27.